The van der Waals surface area contributed by atoms with Gasteiger partial charge in [-0.2, -0.15) is 0 Å². The Hall–Kier alpha value is -2.31. The van der Waals surface area contributed by atoms with Crippen LogP contribution in [-0.2, 0) is 46.4 Å². The fraction of sp³-hybridized carbons (Fsp3) is 0.408. The molecule has 6 rings (SSSR count). The molecule has 0 nitrogen and oxygen atoms in total. The van der Waals surface area contributed by atoms with E-state index in [0.717, 1.165) is 12.8 Å². The van der Waals surface area contributed by atoms with Crippen molar-refractivity contribution in [3.8, 4) is 11.1 Å². The van der Waals surface area contributed by atoms with E-state index in [1.54, 1.807) is 3.27 Å². The van der Waals surface area contributed by atoms with Gasteiger partial charge in [0.25, 0.3) is 0 Å². The van der Waals surface area contributed by atoms with Crippen LogP contribution in [0.3, 0.4) is 0 Å². The summed E-state index contributed by atoms with van der Waals surface area (Å²) in [6.07, 6.45) is 9.05. The maximum absolute atomic E-state index is 5.88. The predicted molar refractivity (Wildman–Crippen MR) is 234 cm³/mol. The van der Waals surface area contributed by atoms with Crippen LogP contribution in [0.2, 0.25) is 0 Å². The molecule has 2 aliphatic carbocycles. The zero-order valence-electron chi connectivity index (χ0n) is 34.5. The summed E-state index contributed by atoms with van der Waals surface area (Å²) in [6, 6.07) is 27.3. The zero-order chi connectivity index (χ0) is 36.8. The van der Waals surface area contributed by atoms with Crippen molar-refractivity contribution in [1.29, 1.82) is 0 Å². The van der Waals surface area contributed by atoms with E-state index in [0.29, 0.717) is 0 Å². The number of hydrogen-bond acceptors (Lipinski definition) is 0. The second-order valence-corrected chi connectivity index (χ2v) is 32.7. The van der Waals surface area contributed by atoms with Gasteiger partial charge in [-0.25, -0.2) is 0 Å². The molecule has 0 N–H and O–H groups in total. The molecule has 0 fully saturated rings. The summed E-state index contributed by atoms with van der Waals surface area (Å²) in [6.45, 7) is 32.9. The van der Waals surface area contributed by atoms with Gasteiger partial charge in [0.15, 0.2) is 0 Å². The number of hydrogen-bond donors (Lipinski definition) is 0. The van der Waals surface area contributed by atoms with Gasteiger partial charge in [-0.1, -0.05) is 0 Å². The van der Waals surface area contributed by atoms with Gasteiger partial charge in [0.05, 0.1) is 0 Å². The van der Waals surface area contributed by atoms with Gasteiger partial charge in [0, 0.05) is 0 Å². The van der Waals surface area contributed by atoms with E-state index < -0.39 is 18.3 Å². The first-order valence-electron chi connectivity index (χ1n) is 18.9. The third kappa shape index (κ3) is 6.69. The van der Waals surface area contributed by atoms with Crippen LogP contribution in [0.15, 0.2) is 88.2 Å². The van der Waals surface area contributed by atoms with E-state index in [2.05, 4.69) is 182 Å². The quantitative estimate of drug-likeness (QED) is 0.170. The monoisotopic (exact) mass is 812 g/mol. The summed E-state index contributed by atoms with van der Waals surface area (Å²) < 4.78 is 11.9. The maximum atomic E-state index is 5.88. The number of fused-ring (bicyclic) bond motifs is 3. The van der Waals surface area contributed by atoms with E-state index in [4.69, 9.17) is 4.21 Å². The number of aryl methyl sites for hydroxylation is 1. The zero-order valence-corrected chi connectivity index (χ0v) is 38.6. The minimum absolute atomic E-state index is 0. The van der Waals surface area contributed by atoms with E-state index >= 15 is 0 Å². The normalized spacial score (nSPS) is 14.7. The molecule has 0 bridgehead atoms. The van der Waals surface area contributed by atoms with Crippen molar-refractivity contribution in [2.75, 3.05) is 0 Å². The van der Waals surface area contributed by atoms with E-state index in [-0.39, 0.29) is 46.5 Å². The first-order valence-corrected chi connectivity index (χ1v) is 25.6. The SMILES string of the molecule is Cl.Cl.[CH2]=[Zr]([C]1=CC=CC1)([c]1ccc(C(C)(C)C)cc1)([c]1ccc(C(C)(C)C)cc1)[c]1c(C)c(C(C)(C)C)cc2c1Cc1cc(C)c(C(C)(C)C)cc1-2. The fourth-order valence-corrected chi connectivity index (χ4v) is 25.8. The van der Waals surface area contributed by atoms with E-state index in [1.165, 1.54) is 65.5 Å². The molecule has 2 aliphatic rings. The third-order valence-electron chi connectivity index (χ3n) is 12.2. The van der Waals surface area contributed by atoms with E-state index in [1.807, 2.05) is 0 Å². The van der Waals surface area contributed by atoms with Crippen molar-refractivity contribution in [2.45, 2.75) is 131 Å². The summed E-state index contributed by atoms with van der Waals surface area (Å²) in [5.74, 6) is 0. The van der Waals surface area contributed by atoms with Crippen LogP contribution in [-0.4, -0.2) is 4.21 Å². The topological polar surface area (TPSA) is 0 Å². The summed E-state index contributed by atoms with van der Waals surface area (Å²) in [5, 5.41) is 0. The van der Waals surface area contributed by atoms with Gasteiger partial charge in [-0.15, -0.1) is 24.8 Å². The summed E-state index contributed by atoms with van der Waals surface area (Å²) in [7, 11) is 0. The second-order valence-electron chi connectivity index (χ2n) is 19.9. The molecule has 0 radical (unpaired) electrons. The van der Waals surface area contributed by atoms with Gasteiger partial charge in [0.1, 0.15) is 0 Å². The Morgan fingerprint density at radius 3 is 1.44 bits per heavy atom. The van der Waals surface area contributed by atoms with Crippen molar-refractivity contribution in [1.82, 2.24) is 0 Å². The van der Waals surface area contributed by atoms with Crippen LogP contribution in [0.25, 0.3) is 11.1 Å². The van der Waals surface area contributed by atoms with Crippen molar-refractivity contribution < 1.29 is 18.3 Å². The van der Waals surface area contributed by atoms with Crippen LogP contribution in [0.5, 0.6) is 0 Å². The van der Waals surface area contributed by atoms with E-state index in [9.17, 15) is 0 Å². The Morgan fingerprint density at radius 2 is 1.04 bits per heavy atom. The Labute approximate surface area is 330 Å². The van der Waals surface area contributed by atoms with Gasteiger partial charge in [0.2, 0.25) is 0 Å². The molecule has 0 saturated heterocycles. The Balaban J connectivity index is 0.00000302. The van der Waals surface area contributed by atoms with Crippen molar-refractivity contribution in [3.05, 3.63) is 133 Å². The van der Waals surface area contributed by atoms with Crippen LogP contribution >= 0.6 is 24.8 Å². The molecule has 0 amide bonds. The number of benzene rings is 4. The molecule has 0 spiro atoms. The summed E-state index contributed by atoms with van der Waals surface area (Å²) in [4.78, 5) is 0. The molecule has 0 aromatic heterocycles. The summed E-state index contributed by atoms with van der Waals surface area (Å²) in [5.41, 5.74) is 14.5. The molecule has 0 aliphatic heterocycles. The third-order valence-corrected chi connectivity index (χ3v) is 28.9. The van der Waals surface area contributed by atoms with Crippen LogP contribution < -0.4 is 9.81 Å². The number of rotatable bonds is 4. The van der Waals surface area contributed by atoms with Crippen molar-refractivity contribution in [2.24, 2.45) is 0 Å². The molecule has 4 aromatic rings. The number of halogens is 2. The fourth-order valence-electron chi connectivity index (χ4n) is 9.47. The van der Waals surface area contributed by atoms with Crippen molar-refractivity contribution >= 4 is 38.8 Å². The molecule has 278 valence electrons. The molecule has 52 heavy (non-hydrogen) atoms. The van der Waals surface area contributed by atoms with Gasteiger partial charge in [-0.05, 0) is 0 Å². The molecule has 0 heterocycles. The Kier molecular flexibility index (Phi) is 11.2. The van der Waals surface area contributed by atoms with Crippen LogP contribution in [0, 0.1) is 13.8 Å². The minimum atomic E-state index is -4.97. The first kappa shape index (κ1) is 42.4. The van der Waals surface area contributed by atoms with Crippen LogP contribution in [0.4, 0.5) is 0 Å². The molecular weight excluding hydrogens is 751 g/mol. The Bertz CT molecular complexity index is 2070. The van der Waals surface area contributed by atoms with Gasteiger partial charge >= 0.3 is 308 Å². The standard InChI is InChI=1S/C23H29.2C10H13.C5H5.CH2.2ClH.Zr/c1-14-9-16-11-17-10-15(2)21(23(6,7)8)13-19(17)18(16)12-20(14)22(3,4)5;2*1-10(2,3)9-7-5-4-6-8-9;1-2-4-5-3-1;;;;/h9,12-13H,11H2,1-8H3;2*5-8H,1-3H3;1-3H,4H2;1H2;2*1H;. The molecular formula is C49H64Cl2Zr. The van der Waals surface area contributed by atoms with Crippen LogP contribution in [0.1, 0.15) is 134 Å². The van der Waals surface area contributed by atoms with Crippen molar-refractivity contribution in [3.63, 3.8) is 0 Å². The predicted octanol–water partition coefficient (Wildman–Crippen LogP) is 12.1. The molecule has 4 aromatic carbocycles. The first-order chi connectivity index (χ1) is 23.0. The average molecular weight is 815 g/mol. The average Bonchev–Trinajstić information content (AvgIpc) is 3.67. The molecule has 0 atom stereocenters. The second kappa shape index (κ2) is 13.8. The Morgan fingerprint density at radius 1 is 0.577 bits per heavy atom. The molecule has 0 unspecified atom stereocenters. The summed E-state index contributed by atoms with van der Waals surface area (Å²) >= 11 is -4.97. The molecule has 0 saturated carbocycles. The van der Waals surface area contributed by atoms with Gasteiger partial charge < -0.3 is 0 Å². The van der Waals surface area contributed by atoms with Gasteiger partial charge in [-0.3, -0.25) is 0 Å². The molecule has 3 heteroatoms. The number of allylic oxidation sites excluding steroid dienone is 4.